The van der Waals surface area contributed by atoms with E-state index >= 15 is 0 Å². The molecule has 1 aromatic rings. The van der Waals surface area contributed by atoms with Gasteiger partial charge in [0.25, 0.3) is 0 Å². The number of nitrogens with zero attached hydrogens (tertiary/aromatic N) is 3. The molecule has 0 aromatic carbocycles. The highest BCUT2D eigenvalue weighted by Gasteiger charge is 2.47. The predicted molar refractivity (Wildman–Crippen MR) is 57.4 cm³/mol. The van der Waals surface area contributed by atoms with E-state index in [9.17, 15) is 17.6 Å². The fourth-order valence-electron chi connectivity index (χ4n) is 1.34. The third kappa shape index (κ3) is 2.97. The minimum atomic E-state index is -4.28. The van der Waals surface area contributed by atoms with Gasteiger partial charge < -0.3 is 4.57 Å². The molecule has 0 unspecified atom stereocenters. The summed E-state index contributed by atoms with van der Waals surface area (Å²) in [7, 11) is 0. The standard InChI is InChI=1S/C9H12BrF4N3/c1-5(2)4-17-6(3-10)15-16-8(17)9(13,14)7(11)12/h5,7H,3-4H2,1-2H3. The van der Waals surface area contributed by atoms with E-state index in [4.69, 9.17) is 0 Å². The number of hydrogen-bond acceptors (Lipinski definition) is 2. The second kappa shape index (κ2) is 5.32. The molecule has 1 aromatic heterocycles. The average molecular weight is 318 g/mol. The fraction of sp³-hybridized carbons (Fsp3) is 0.778. The molecule has 0 aliphatic rings. The highest BCUT2D eigenvalue weighted by molar-refractivity contribution is 9.08. The number of aromatic nitrogens is 3. The Kier molecular flexibility index (Phi) is 4.51. The molecule has 0 radical (unpaired) electrons. The van der Waals surface area contributed by atoms with Gasteiger partial charge in [-0.3, -0.25) is 0 Å². The van der Waals surface area contributed by atoms with Crippen LogP contribution in [0.2, 0.25) is 0 Å². The Hall–Kier alpha value is -0.660. The summed E-state index contributed by atoms with van der Waals surface area (Å²) in [6, 6.07) is 0. The molecule has 0 amide bonds. The summed E-state index contributed by atoms with van der Waals surface area (Å²) < 4.78 is 52.1. The first-order chi connectivity index (χ1) is 7.80. The highest BCUT2D eigenvalue weighted by Crippen LogP contribution is 2.34. The first-order valence-corrected chi connectivity index (χ1v) is 6.07. The normalized spacial score (nSPS) is 12.8. The summed E-state index contributed by atoms with van der Waals surface area (Å²) in [6.07, 6.45) is -3.79. The topological polar surface area (TPSA) is 30.7 Å². The van der Waals surface area contributed by atoms with Gasteiger partial charge >= 0.3 is 12.3 Å². The van der Waals surface area contributed by atoms with Crippen molar-refractivity contribution in [1.82, 2.24) is 14.8 Å². The lowest BCUT2D eigenvalue weighted by atomic mass is 10.2. The van der Waals surface area contributed by atoms with Crippen LogP contribution >= 0.6 is 15.9 Å². The summed E-state index contributed by atoms with van der Waals surface area (Å²) in [6.45, 7) is 3.76. The molecule has 0 aliphatic heterocycles. The first kappa shape index (κ1) is 14.4. The lowest BCUT2D eigenvalue weighted by molar-refractivity contribution is -0.143. The van der Waals surface area contributed by atoms with Crippen molar-refractivity contribution >= 4 is 15.9 Å². The van der Waals surface area contributed by atoms with E-state index in [2.05, 4.69) is 26.1 Å². The Labute approximate surface area is 104 Å². The molecule has 0 aliphatic carbocycles. The van der Waals surface area contributed by atoms with Crippen molar-refractivity contribution in [3.63, 3.8) is 0 Å². The van der Waals surface area contributed by atoms with Crippen molar-refractivity contribution in [3.05, 3.63) is 11.6 Å². The van der Waals surface area contributed by atoms with Crippen LogP contribution < -0.4 is 0 Å². The molecule has 0 spiro atoms. The van der Waals surface area contributed by atoms with Crippen LogP contribution in [0.3, 0.4) is 0 Å². The van der Waals surface area contributed by atoms with Gasteiger partial charge in [0.1, 0.15) is 5.82 Å². The monoisotopic (exact) mass is 317 g/mol. The molecule has 0 bridgehead atoms. The van der Waals surface area contributed by atoms with Crippen LogP contribution in [-0.2, 0) is 17.8 Å². The van der Waals surface area contributed by atoms with Crippen LogP contribution in [0, 0.1) is 5.92 Å². The van der Waals surface area contributed by atoms with E-state index in [-0.39, 0.29) is 23.6 Å². The molecule has 98 valence electrons. The summed E-state index contributed by atoms with van der Waals surface area (Å²) in [4.78, 5) is 0. The van der Waals surface area contributed by atoms with Crippen LogP contribution in [0.5, 0.6) is 0 Å². The van der Waals surface area contributed by atoms with Gasteiger partial charge in [-0.2, -0.15) is 8.78 Å². The van der Waals surface area contributed by atoms with Crippen molar-refractivity contribution in [2.75, 3.05) is 0 Å². The van der Waals surface area contributed by atoms with E-state index in [1.165, 1.54) is 0 Å². The molecule has 0 atom stereocenters. The predicted octanol–water partition coefficient (Wildman–Crippen LogP) is 3.19. The number of alkyl halides is 5. The van der Waals surface area contributed by atoms with Crippen molar-refractivity contribution in [2.24, 2.45) is 5.92 Å². The zero-order chi connectivity index (χ0) is 13.2. The van der Waals surface area contributed by atoms with Crippen LogP contribution in [0.1, 0.15) is 25.5 Å². The Balaban J connectivity index is 3.20. The quantitative estimate of drug-likeness (QED) is 0.617. The molecule has 1 heterocycles. The summed E-state index contributed by atoms with van der Waals surface area (Å²) in [5.74, 6) is -5.01. The molecule has 3 nitrogen and oxygen atoms in total. The molecule has 0 saturated carbocycles. The highest BCUT2D eigenvalue weighted by atomic mass is 79.9. The lowest BCUT2D eigenvalue weighted by Gasteiger charge is -2.17. The largest absolute Gasteiger partial charge is 0.365 e. The number of rotatable bonds is 5. The van der Waals surface area contributed by atoms with E-state index in [0.29, 0.717) is 0 Å². The van der Waals surface area contributed by atoms with Gasteiger partial charge in [-0.1, -0.05) is 29.8 Å². The Morgan fingerprint density at radius 2 is 1.88 bits per heavy atom. The third-order valence-corrected chi connectivity index (χ3v) is 2.57. The van der Waals surface area contributed by atoms with Gasteiger partial charge in [-0.15, -0.1) is 10.2 Å². The second-order valence-electron chi connectivity index (χ2n) is 4.00. The Bertz CT molecular complexity index is 378. The smallest absolute Gasteiger partial charge is 0.309 e. The zero-order valence-electron chi connectivity index (χ0n) is 9.30. The molecule has 0 N–H and O–H groups in total. The van der Waals surface area contributed by atoms with Gasteiger partial charge in [-0.25, -0.2) is 8.78 Å². The summed E-state index contributed by atoms with van der Waals surface area (Å²) in [5, 5.41) is 6.86. The van der Waals surface area contributed by atoms with Crippen LogP contribution in [0.25, 0.3) is 0 Å². The van der Waals surface area contributed by atoms with Crippen molar-refractivity contribution < 1.29 is 17.6 Å². The second-order valence-corrected chi connectivity index (χ2v) is 4.56. The van der Waals surface area contributed by atoms with Gasteiger partial charge in [0, 0.05) is 6.54 Å². The lowest BCUT2D eigenvalue weighted by Crippen LogP contribution is -2.29. The third-order valence-electron chi connectivity index (χ3n) is 2.07. The molecule has 8 heteroatoms. The van der Waals surface area contributed by atoms with Gasteiger partial charge in [0.15, 0.2) is 0 Å². The number of halogens is 5. The molecule has 1 rings (SSSR count). The Morgan fingerprint density at radius 3 is 2.29 bits per heavy atom. The van der Waals surface area contributed by atoms with E-state index in [1.54, 1.807) is 13.8 Å². The molecular formula is C9H12BrF4N3. The fourth-order valence-corrected chi connectivity index (χ4v) is 1.75. The molecular weight excluding hydrogens is 306 g/mol. The summed E-state index contributed by atoms with van der Waals surface area (Å²) >= 11 is 3.06. The Morgan fingerprint density at radius 1 is 1.29 bits per heavy atom. The summed E-state index contributed by atoms with van der Waals surface area (Å²) in [5.41, 5.74) is 0. The number of hydrogen-bond donors (Lipinski definition) is 0. The maximum atomic E-state index is 13.3. The van der Waals surface area contributed by atoms with Crippen LogP contribution in [0.15, 0.2) is 0 Å². The van der Waals surface area contributed by atoms with Gasteiger partial charge in [0.05, 0.1) is 5.33 Å². The minimum absolute atomic E-state index is 0.0241. The maximum absolute atomic E-state index is 13.3. The zero-order valence-corrected chi connectivity index (χ0v) is 10.9. The van der Waals surface area contributed by atoms with Crippen LogP contribution in [-0.4, -0.2) is 21.2 Å². The first-order valence-electron chi connectivity index (χ1n) is 4.95. The van der Waals surface area contributed by atoms with Crippen molar-refractivity contribution in [3.8, 4) is 0 Å². The van der Waals surface area contributed by atoms with E-state index < -0.39 is 18.2 Å². The maximum Gasteiger partial charge on any atom is 0.365 e. The molecule has 0 saturated heterocycles. The van der Waals surface area contributed by atoms with Crippen molar-refractivity contribution in [1.29, 1.82) is 0 Å². The van der Waals surface area contributed by atoms with E-state index in [0.717, 1.165) is 4.57 Å². The molecule has 0 fully saturated rings. The average Bonchev–Trinajstić information content (AvgIpc) is 2.60. The molecule has 17 heavy (non-hydrogen) atoms. The SMILES string of the molecule is CC(C)Cn1c(CBr)nnc1C(F)(F)C(F)F. The van der Waals surface area contributed by atoms with Crippen molar-refractivity contribution in [2.45, 2.75) is 38.1 Å². The van der Waals surface area contributed by atoms with E-state index in [1.807, 2.05) is 0 Å². The van der Waals surface area contributed by atoms with Gasteiger partial charge in [-0.05, 0) is 5.92 Å². The van der Waals surface area contributed by atoms with Crippen LogP contribution in [0.4, 0.5) is 17.6 Å². The van der Waals surface area contributed by atoms with Gasteiger partial charge in [0.2, 0.25) is 5.82 Å². The minimum Gasteiger partial charge on any atom is -0.309 e.